The molecule has 0 aromatic heterocycles. The third kappa shape index (κ3) is 10.9. The maximum absolute atomic E-state index is 3.00. The Morgan fingerprint density at radius 1 is 0.200 bits per heavy atom. The first-order chi connectivity index (χ1) is 34.8. The lowest BCUT2D eigenvalue weighted by Gasteiger charge is -2.21. The van der Waals surface area contributed by atoms with Gasteiger partial charge in [-0.05, 0) is 128 Å². The van der Waals surface area contributed by atoms with Crippen LogP contribution in [-0.2, 0) is 0 Å². The van der Waals surface area contributed by atoms with Gasteiger partial charge in [-0.25, -0.2) is 0 Å². The second-order valence-electron chi connectivity index (χ2n) is 15.6. The standard InChI is InChI=1S/C60H40.4C2H6.C2H4/c1-3-16-41(17-4-1)47-23-14-25-50(39-47)53-37-36-49(48-24-13-22-46(38-48)42-32-34-44(35-33-42)52-31-15-21-43-18-7-8-26-51(43)52)40-58(53)60-56-29-11-9-27-54(56)59(45-19-5-2-6-20-45)55-28-10-12-30-57(55)60;5*1-2/h1-40H;4*1-2H3;1-2H2. The van der Waals surface area contributed by atoms with Crippen LogP contribution < -0.4 is 0 Å². The van der Waals surface area contributed by atoms with Crippen LogP contribution in [0, 0.1) is 0 Å². The molecule has 0 amide bonds. The van der Waals surface area contributed by atoms with E-state index in [0.29, 0.717) is 0 Å². The minimum atomic E-state index is 1.18. The Labute approximate surface area is 419 Å². The maximum Gasteiger partial charge on any atom is -0.00199 e. The van der Waals surface area contributed by atoms with E-state index in [4.69, 9.17) is 0 Å². The van der Waals surface area contributed by atoms with Gasteiger partial charge in [0.15, 0.2) is 0 Å². The van der Waals surface area contributed by atoms with Crippen molar-refractivity contribution in [1.29, 1.82) is 0 Å². The maximum atomic E-state index is 3.00. The number of fused-ring (bicyclic) bond motifs is 3. The van der Waals surface area contributed by atoms with Crippen molar-refractivity contribution in [2.75, 3.05) is 0 Å². The van der Waals surface area contributed by atoms with Crippen LogP contribution in [0.2, 0.25) is 0 Å². The van der Waals surface area contributed by atoms with Crippen molar-refractivity contribution in [3.8, 4) is 77.9 Å². The van der Waals surface area contributed by atoms with E-state index in [1.54, 1.807) is 0 Å². The summed E-state index contributed by atoms with van der Waals surface area (Å²) >= 11 is 0. The average molecular weight is 909 g/mol. The van der Waals surface area contributed by atoms with Gasteiger partial charge in [-0.2, -0.15) is 0 Å². The second-order valence-corrected chi connectivity index (χ2v) is 15.6. The molecule has 0 spiro atoms. The largest absolute Gasteiger partial charge is 0.106 e. The predicted molar refractivity (Wildman–Crippen MR) is 314 cm³/mol. The highest BCUT2D eigenvalue weighted by Gasteiger charge is 2.20. The highest BCUT2D eigenvalue weighted by molar-refractivity contribution is 6.22. The molecule has 0 saturated heterocycles. The molecule has 0 heteroatoms. The van der Waals surface area contributed by atoms with Crippen LogP contribution in [0.3, 0.4) is 0 Å². The van der Waals surface area contributed by atoms with Gasteiger partial charge in [-0.15, -0.1) is 13.2 Å². The van der Waals surface area contributed by atoms with Gasteiger partial charge in [0.25, 0.3) is 0 Å². The molecule has 0 aliphatic heterocycles. The van der Waals surface area contributed by atoms with E-state index in [0.717, 1.165) is 0 Å². The summed E-state index contributed by atoms with van der Waals surface area (Å²) in [5.41, 5.74) is 17.0. The molecule has 11 rings (SSSR count). The molecular weight excluding hydrogens is 841 g/mol. The van der Waals surface area contributed by atoms with Gasteiger partial charge in [-0.3, -0.25) is 0 Å². The van der Waals surface area contributed by atoms with Crippen molar-refractivity contribution >= 4 is 32.3 Å². The molecule has 0 fully saturated rings. The third-order valence-corrected chi connectivity index (χ3v) is 12.1. The monoisotopic (exact) mass is 909 g/mol. The van der Waals surface area contributed by atoms with Gasteiger partial charge in [0.1, 0.15) is 0 Å². The molecule has 0 aliphatic rings. The van der Waals surface area contributed by atoms with E-state index in [-0.39, 0.29) is 0 Å². The van der Waals surface area contributed by atoms with Crippen LogP contribution >= 0.6 is 0 Å². The molecule has 348 valence electrons. The van der Waals surface area contributed by atoms with Crippen molar-refractivity contribution < 1.29 is 0 Å². The molecular formula is C70H68. The second kappa shape index (κ2) is 25.9. The molecule has 0 N–H and O–H groups in total. The Bertz CT molecular complexity index is 3290. The smallest absolute Gasteiger partial charge is 0.00199 e. The molecule has 0 nitrogen and oxygen atoms in total. The molecule has 0 heterocycles. The summed E-state index contributed by atoms with van der Waals surface area (Å²) in [6.07, 6.45) is 0. The lowest BCUT2D eigenvalue weighted by molar-refractivity contribution is 1.50. The van der Waals surface area contributed by atoms with Crippen LogP contribution in [0.15, 0.2) is 256 Å². The first-order valence-electron chi connectivity index (χ1n) is 25.2. The molecule has 11 aromatic carbocycles. The topological polar surface area (TPSA) is 0 Å². The van der Waals surface area contributed by atoms with E-state index in [1.807, 2.05) is 55.4 Å². The van der Waals surface area contributed by atoms with Crippen LogP contribution in [0.1, 0.15) is 55.4 Å². The number of hydrogen-bond acceptors (Lipinski definition) is 0. The number of rotatable bonds is 7. The van der Waals surface area contributed by atoms with Crippen molar-refractivity contribution in [2.24, 2.45) is 0 Å². The van der Waals surface area contributed by atoms with Gasteiger partial charge in [0.05, 0.1) is 0 Å². The summed E-state index contributed by atoms with van der Waals surface area (Å²) in [7, 11) is 0. The van der Waals surface area contributed by atoms with Gasteiger partial charge >= 0.3 is 0 Å². The van der Waals surface area contributed by atoms with Gasteiger partial charge in [-0.1, -0.05) is 280 Å². The van der Waals surface area contributed by atoms with Crippen LogP contribution in [-0.4, -0.2) is 0 Å². The highest BCUT2D eigenvalue weighted by Crippen LogP contribution is 2.47. The molecule has 0 saturated carbocycles. The lowest BCUT2D eigenvalue weighted by atomic mass is 9.82. The van der Waals surface area contributed by atoms with Crippen molar-refractivity contribution in [3.05, 3.63) is 256 Å². The molecule has 0 aliphatic carbocycles. The summed E-state index contributed by atoms with van der Waals surface area (Å²) in [5.74, 6) is 0. The van der Waals surface area contributed by atoms with E-state index in [1.165, 1.54) is 110 Å². The molecule has 0 bridgehead atoms. The Morgan fingerprint density at radius 2 is 0.543 bits per heavy atom. The molecule has 70 heavy (non-hydrogen) atoms. The summed E-state index contributed by atoms with van der Waals surface area (Å²) < 4.78 is 0. The van der Waals surface area contributed by atoms with E-state index < -0.39 is 0 Å². The van der Waals surface area contributed by atoms with E-state index in [2.05, 4.69) is 256 Å². The number of benzene rings is 11. The molecule has 0 atom stereocenters. The zero-order valence-electron chi connectivity index (χ0n) is 42.5. The zero-order chi connectivity index (χ0) is 49.8. The van der Waals surface area contributed by atoms with Crippen LogP contribution in [0.25, 0.3) is 110 Å². The minimum absolute atomic E-state index is 1.18. The van der Waals surface area contributed by atoms with Crippen molar-refractivity contribution in [3.63, 3.8) is 0 Å². The Morgan fingerprint density at radius 3 is 1.10 bits per heavy atom. The minimum Gasteiger partial charge on any atom is -0.106 e. The fourth-order valence-corrected chi connectivity index (χ4v) is 9.21. The molecule has 0 radical (unpaired) electrons. The highest BCUT2D eigenvalue weighted by atomic mass is 14.2. The number of hydrogen-bond donors (Lipinski definition) is 0. The Kier molecular flexibility index (Phi) is 19.0. The van der Waals surface area contributed by atoms with E-state index in [9.17, 15) is 0 Å². The average Bonchev–Trinajstić information content (AvgIpc) is 3.47. The van der Waals surface area contributed by atoms with Crippen molar-refractivity contribution in [2.45, 2.75) is 55.4 Å². The first-order valence-corrected chi connectivity index (χ1v) is 25.2. The normalized spacial score (nSPS) is 10.1. The summed E-state index contributed by atoms with van der Waals surface area (Å²) in [6.45, 7) is 22.0. The van der Waals surface area contributed by atoms with Crippen molar-refractivity contribution in [1.82, 2.24) is 0 Å². The lowest BCUT2D eigenvalue weighted by Crippen LogP contribution is -1.94. The Balaban J connectivity index is 0.000000758. The quantitative estimate of drug-likeness (QED) is 0.110. The fourth-order valence-electron chi connectivity index (χ4n) is 9.21. The van der Waals surface area contributed by atoms with Crippen LogP contribution in [0.5, 0.6) is 0 Å². The first kappa shape index (κ1) is 51.3. The third-order valence-electron chi connectivity index (χ3n) is 12.1. The summed E-state index contributed by atoms with van der Waals surface area (Å²) in [5, 5.41) is 7.52. The predicted octanol–water partition coefficient (Wildman–Crippen LogP) is 21.7. The summed E-state index contributed by atoms with van der Waals surface area (Å²) in [6, 6.07) is 88.8. The molecule has 11 aromatic rings. The SMILES string of the molecule is C=C.CC.CC.CC.CC.c1ccc(-c2cccc(-c3ccc(-c4cccc(-c5ccc(-c6cccc7ccccc67)cc5)c4)cc3-c3c4ccccc4c(-c4ccccc4)c4ccccc34)c2)cc1. The van der Waals surface area contributed by atoms with Gasteiger partial charge < -0.3 is 0 Å². The Hall–Kier alpha value is -8.06. The molecule has 0 unspecified atom stereocenters. The summed E-state index contributed by atoms with van der Waals surface area (Å²) in [4.78, 5) is 0. The van der Waals surface area contributed by atoms with E-state index >= 15 is 0 Å². The van der Waals surface area contributed by atoms with Gasteiger partial charge in [0, 0.05) is 0 Å². The zero-order valence-corrected chi connectivity index (χ0v) is 42.5. The fraction of sp³-hybridized carbons (Fsp3) is 0.114. The van der Waals surface area contributed by atoms with Gasteiger partial charge in [0.2, 0.25) is 0 Å². The van der Waals surface area contributed by atoms with Crippen LogP contribution in [0.4, 0.5) is 0 Å².